The number of benzene rings is 2. The van der Waals surface area contributed by atoms with Crippen LogP contribution in [0.2, 0.25) is 0 Å². The van der Waals surface area contributed by atoms with E-state index in [1.54, 1.807) is 0 Å². The van der Waals surface area contributed by atoms with Crippen LogP contribution >= 0.6 is 0 Å². The summed E-state index contributed by atoms with van der Waals surface area (Å²) >= 11 is 0. The van der Waals surface area contributed by atoms with Gasteiger partial charge in [-0.1, -0.05) is 60.7 Å². The summed E-state index contributed by atoms with van der Waals surface area (Å²) in [6.45, 7) is 4.96. The Balaban J connectivity index is 1.56. The molecule has 0 spiro atoms. The lowest BCUT2D eigenvalue weighted by Gasteiger charge is -2.53. The van der Waals surface area contributed by atoms with Crippen molar-refractivity contribution >= 4 is 0 Å². The molecule has 3 saturated heterocycles. The molecule has 2 aromatic rings. The van der Waals surface area contributed by atoms with Crippen molar-refractivity contribution in [3.63, 3.8) is 0 Å². The molecular weight excluding hydrogens is 268 g/mol. The number of hydrogen-bond acceptors (Lipinski definition) is 2. The van der Waals surface area contributed by atoms with E-state index in [1.807, 2.05) is 0 Å². The fraction of sp³-hybridized carbons (Fsp3) is 0.400. The average molecular weight is 292 g/mol. The molecule has 2 aromatic carbocycles. The number of rotatable bonds is 4. The van der Waals surface area contributed by atoms with Gasteiger partial charge >= 0.3 is 0 Å². The summed E-state index contributed by atoms with van der Waals surface area (Å²) in [7, 11) is 0. The van der Waals surface area contributed by atoms with Gasteiger partial charge in [0.15, 0.2) is 0 Å². The molecule has 3 aliphatic heterocycles. The van der Waals surface area contributed by atoms with E-state index < -0.39 is 0 Å². The first-order valence-corrected chi connectivity index (χ1v) is 8.46. The highest BCUT2D eigenvalue weighted by Crippen LogP contribution is 2.27. The van der Waals surface area contributed by atoms with Crippen LogP contribution in [0, 0.1) is 0 Å². The Morgan fingerprint density at radius 2 is 0.955 bits per heavy atom. The van der Waals surface area contributed by atoms with Gasteiger partial charge in [0.25, 0.3) is 0 Å². The Labute approximate surface area is 133 Å². The van der Waals surface area contributed by atoms with Crippen LogP contribution in [0.4, 0.5) is 0 Å². The maximum absolute atomic E-state index is 2.72. The summed E-state index contributed by atoms with van der Waals surface area (Å²) in [5, 5.41) is 0. The molecule has 3 aliphatic rings. The van der Waals surface area contributed by atoms with E-state index in [2.05, 4.69) is 70.5 Å². The lowest BCUT2D eigenvalue weighted by Crippen LogP contribution is -2.67. The zero-order valence-corrected chi connectivity index (χ0v) is 13.1. The van der Waals surface area contributed by atoms with Gasteiger partial charge in [0.1, 0.15) is 0 Å². The van der Waals surface area contributed by atoms with E-state index in [9.17, 15) is 0 Å². The van der Waals surface area contributed by atoms with Crippen LogP contribution < -0.4 is 0 Å². The Morgan fingerprint density at radius 3 is 1.32 bits per heavy atom. The smallest absolute Gasteiger partial charge is 0.0296 e. The third kappa shape index (κ3) is 2.81. The Hall–Kier alpha value is -1.64. The molecule has 0 amide bonds. The third-order valence-electron chi connectivity index (χ3n) is 5.31. The Morgan fingerprint density at radius 1 is 0.591 bits per heavy atom. The van der Waals surface area contributed by atoms with Crippen molar-refractivity contribution in [3.8, 4) is 0 Å². The van der Waals surface area contributed by atoms with E-state index in [1.165, 1.54) is 50.1 Å². The molecule has 3 fully saturated rings. The molecule has 0 aliphatic carbocycles. The quantitative estimate of drug-likeness (QED) is 0.855. The summed E-state index contributed by atoms with van der Waals surface area (Å²) < 4.78 is 0. The van der Waals surface area contributed by atoms with Gasteiger partial charge in [-0.3, -0.25) is 9.80 Å². The normalized spacial score (nSPS) is 30.4. The summed E-state index contributed by atoms with van der Waals surface area (Å²) in [5.74, 6) is 0. The van der Waals surface area contributed by atoms with Crippen molar-refractivity contribution in [1.82, 2.24) is 9.80 Å². The molecule has 2 nitrogen and oxygen atoms in total. The fourth-order valence-electron chi connectivity index (χ4n) is 4.13. The van der Waals surface area contributed by atoms with E-state index in [-0.39, 0.29) is 0 Å². The maximum Gasteiger partial charge on any atom is 0.0296 e. The van der Waals surface area contributed by atoms with Gasteiger partial charge in [0.05, 0.1) is 0 Å². The van der Waals surface area contributed by atoms with Crippen LogP contribution in [0.15, 0.2) is 60.7 Å². The van der Waals surface area contributed by atoms with E-state index in [0.717, 1.165) is 0 Å². The Bertz CT molecular complexity index is 532. The first kappa shape index (κ1) is 14.0. The highest BCUT2D eigenvalue weighted by molar-refractivity contribution is 5.21. The van der Waals surface area contributed by atoms with Crippen LogP contribution in [0.5, 0.6) is 0 Å². The first-order chi connectivity index (χ1) is 10.9. The molecule has 22 heavy (non-hydrogen) atoms. The van der Waals surface area contributed by atoms with Gasteiger partial charge in [-0.15, -0.1) is 0 Å². The lowest BCUT2D eigenvalue weighted by molar-refractivity contribution is -0.0365. The van der Waals surface area contributed by atoms with Crippen molar-refractivity contribution in [3.05, 3.63) is 71.8 Å². The standard InChI is InChI=1S/C20H24N2/c1-3-7-17(8-4-1)15-19-20(16-18-9-5-2-6-10-18)22-13-11-21(19)12-14-22/h1-10,19-20H,11-16H2. The molecule has 5 rings (SSSR count). The van der Waals surface area contributed by atoms with Crippen LogP contribution in [0.25, 0.3) is 0 Å². The molecule has 2 bridgehead atoms. The average Bonchev–Trinajstić information content (AvgIpc) is 2.60. The van der Waals surface area contributed by atoms with Crippen molar-refractivity contribution in [1.29, 1.82) is 0 Å². The molecule has 0 saturated carbocycles. The van der Waals surface area contributed by atoms with Gasteiger partial charge in [-0.05, 0) is 24.0 Å². The summed E-state index contributed by atoms with van der Waals surface area (Å²) in [5.41, 5.74) is 2.94. The second kappa shape index (κ2) is 6.23. The second-order valence-corrected chi connectivity index (χ2v) is 6.59. The third-order valence-corrected chi connectivity index (χ3v) is 5.31. The first-order valence-electron chi connectivity index (χ1n) is 8.46. The van der Waals surface area contributed by atoms with Crippen LogP contribution in [0.3, 0.4) is 0 Å². The summed E-state index contributed by atoms with van der Waals surface area (Å²) in [4.78, 5) is 5.45. The van der Waals surface area contributed by atoms with Crippen LogP contribution in [0.1, 0.15) is 11.1 Å². The second-order valence-electron chi connectivity index (χ2n) is 6.59. The number of hydrogen-bond donors (Lipinski definition) is 0. The van der Waals surface area contributed by atoms with Crippen LogP contribution in [-0.4, -0.2) is 48.1 Å². The predicted octanol–water partition coefficient (Wildman–Crippen LogP) is 2.84. The fourth-order valence-corrected chi connectivity index (χ4v) is 4.13. The van der Waals surface area contributed by atoms with Gasteiger partial charge in [-0.25, -0.2) is 0 Å². The molecule has 2 atom stereocenters. The predicted molar refractivity (Wildman–Crippen MR) is 91.0 cm³/mol. The molecule has 0 radical (unpaired) electrons. The van der Waals surface area contributed by atoms with E-state index in [4.69, 9.17) is 0 Å². The van der Waals surface area contributed by atoms with Crippen molar-refractivity contribution in [2.75, 3.05) is 26.2 Å². The monoisotopic (exact) mass is 292 g/mol. The van der Waals surface area contributed by atoms with Crippen molar-refractivity contribution < 1.29 is 0 Å². The molecule has 0 aromatic heterocycles. The number of piperazine rings is 3. The highest BCUT2D eigenvalue weighted by Gasteiger charge is 2.40. The zero-order valence-electron chi connectivity index (χ0n) is 13.1. The van der Waals surface area contributed by atoms with Gasteiger partial charge in [0, 0.05) is 38.3 Å². The minimum absolute atomic E-state index is 0.658. The topological polar surface area (TPSA) is 6.48 Å². The lowest BCUT2D eigenvalue weighted by atomic mass is 9.88. The number of fused-ring (bicyclic) bond motifs is 3. The number of nitrogens with zero attached hydrogens (tertiary/aromatic N) is 2. The molecule has 0 N–H and O–H groups in total. The minimum atomic E-state index is 0.658. The summed E-state index contributed by atoms with van der Waals surface area (Å²) in [6, 6.07) is 23.3. The van der Waals surface area contributed by atoms with Crippen molar-refractivity contribution in [2.45, 2.75) is 24.9 Å². The SMILES string of the molecule is c1ccc(CC2C(Cc3ccccc3)N3CCN2CC3)cc1. The molecule has 3 heterocycles. The minimum Gasteiger partial charge on any atom is -0.296 e. The van der Waals surface area contributed by atoms with Crippen molar-refractivity contribution in [2.24, 2.45) is 0 Å². The maximum atomic E-state index is 2.72. The largest absolute Gasteiger partial charge is 0.296 e. The van der Waals surface area contributed by atoms with Gasteiger partial charge in [-0.2, -0.15) is 0 Å². The molecular formula is C20H24N2. The molecule has 114 valence electrons. The summed E-state index contributed by atoms with van der Waals surface area (Å²) in [6.07, 6.45) is 2.35. The van der Waals surface area contributed by atoms with E-state index >= 15 is 0 Å². The highest BCUT2D eigenvalue weighted by atomic mass is 15.4. The Kier molecular flexibility index (Phi) is 3.96. The van der Waals surface area contributed by atoms with Crippen LogP contribution in [-0.2, 0) is 12.8 Å². The van der Waals surface area contributed by atoms with Gasteiger partial charge < -0.3 is 0 Å². The van der Waals surface area contributed by atoms with Gasteiger partial charge in [0.2, 0.25) is 0 Å². The van der Waals surface area contributed by atoms with E-state index in [0.29, 0.717) is 12.1 Å². The molecule has 2 heteroatoms. The molecule has 2 unspecified atom stereocenters. The zero-order chi connectivity index (χ0) is 14.8.